The van der Waals surface area contributed by atoms with Crippen molar-refractivity contribution >= 4 is 22.4 Å². The smallest absolute Gasteiger partial charge is 0.261 e. The number of hydrogen-bond donors (Lipinski definition) is 2. The van der Waals surface area contributed by atoms with Gasteiger partial charge in [0.2, 0.25) is 0 Å². The molecule has 0 radical (unpaired) electrons. The van der Waals surface area contributed by atoms with Gasteiger partial charge in [-0.05, 0) is 49.1 Å². The summed E-state index contributed by atoms with van der Waals surface area (Å²) in [7, 11) is 0. The molecule has 130 valence electrons. The van der Waals surface area contributed by atoms with Crippen LogP contribution in [0.3, 0.4) is 0 Å². The maximum atomic E-state index is 13.1. The summed E-state index contributed by atoms with van der Waals surface area (Å²) in [5.41, 5.74) is 1.37. The van der Waals surface area contributed by atoms with Gasteiger partial charge in [0, 0.05) is 11.9 Å². The van der Waals surface area contributed by atoms with E-state index in [1.807, 2.05) is 10.7 Å². The molecule has 3 aromatic rings. The zero-order valence-corrected chi connectivity index (χ0v) is 14.1. The van der Waals surface area contributed by atoms with Gasteiger partial charge in [-0.15, -0.1) is 0 Å². The van der Waals surface area contributed by atoms with Crippen molar-refractivity contribution in [2.45, 2.75) is 38.6 Å². The van der Waals surface area contributed by atoms with Gasteiger partial charge in [-0.2, -0.15) is 5.10 Å². The second-order valence-corrected chi connectivity index (χ2v) is 6.82. The van der Waals surface area contributed by atoms with Gasteiger partial charge in [0.05, 0.1) is 11.6 Å². The third kappa shape index (κ3) is 2.92. The number of nitrogens with one attached hydrogen (secondary N) is 2. The van der Waals surface area contributed by atoms with Crippen LogP contribution in [0.4, 0.5) is 15.9 Å². The third-order valence-electron chi connectivity index (χ3n) is 5.12. The molecule has 1 saturated carbocycles. The molecule has 1 aromatic carbocycles. The molecule has 2 heterocycles. The summed E-state index contributed by atoms with van der Waals surface area (Å²) in [5, 5.41) is 8.45. The maximum Gasteiger partial charge on any atom is 0.261 e. The Labute approximate surface area is 144 Å². The highest BCUT2D eigenvalue weighted by molar-refractivity contribution is 5.91. The first kappa shape index (κ1) is 15.9. The van der Waals surface area contributed by atoms with E-state index in [4.69, 9.17) is 5.10 Å². The molecule has 6 heteroatoms. The fourth-order valence-corrected chi connectivity index (χ4v) is 3.77. The molecule has 25 heavy (non-hydrogen) atoms. The summed E-state index contributed by atoms with van der Waals surface area (Å²) < 4.78 is 15.1. The Morgan fingerprint density at radius 1 is 1.20 bits per heavy atom. The molecule has 1 aliphatic rings. The summed E-state index contributed by atoms with van der Waals surface area (Å²) in [6.07, 6.45) is 6.34. The predicted octanol–water partition coefficient (Wildman–Crippen LogP) is 4.36. The van der Waals surface area contributed by atoms with Crippen LogP contribution in [0.25, 0.3) is 10.9 Å². The third-order valence-corrected chi connectivity index (χ3v) is 5.12. The Balaban J connectivity index is 1.81. The molecular weight excluding hydrogens is 319 g/mol. The maximum absolute atomic E-state index is 13.1. The van der Waals surface area contributed by atoms with Gasteiger partial charge in [0.1, 0.15) is 11.2 Å². The summed E-state index contributed by atoms with van der Waals surface area (Å²) in [4.78, 5) is 15.1. The fourth-order valence-electron chi connectivity index (χ4n) is 3.77. The van der Waals surface area contributed by atoms with Crippen molar-refractivity contribution in [2.24, 2.45) is 5.92 Å². The second kappa shape index (κ2) is 6.35. The zero-order valence-electron chi connectivity index (χ0n) is 14.1. The van der Waals surface area contributed by atoms with E-state index < -0.39 is 0 Å². The van der Waals surface area contributed by atoms with Gasteiger partial charge < -0.3 is 10.3 Å². The first-order valence-electron chi connectivity index (χ1n) is 8.76. The van der Waals surface area contributed by atoms with Gasteiger partial charge in [-0.3, -0.25) is 9.48 Å². The lowest BCUT2D eigenvalue weighted by atomic mass is 9.86. The topological polar surface area (TPSA) is 62.7 Å². The van der Waals surface area contributed by atoms with Gasteiger partial charge in [0.15, 0.2) is 5.82 Å². The molecule has 0 aliphatic heterocycles. The Hall–Kier alpha value is -2.63. The Kier molecular flexibility index (Phi) is 4.03. The van der Waals surface area contributed by atoms with Crippen LogP contribution >= 0.6 is 0 Å². The number of nitrogens with zero attached hydrogens (tertiary/aromatic N) is 2. The highest BCUT2D eigenvalue weighted by Gasteiger charge is 2.26. The molecule has 0 spiro atoms. The van der Waals surface area contributed by atoms with Gasteiger partial charge in [-0.25, -0.2) is 4.39 Å². The fraction of sp³-hybridized carbons (Fsp3) is 0.368. The molecule has 0 saturated heterocycles. The number of rotatable bonds is 3. The minimum atomic E-state index is -0.296. The van der Waals surface area contributed by atoms with Crippen molar-refractivity contribution in [2.75, 3.05) is 5.32 Å². The van der Waals surface area contributed by atoms with Crippen LogP contribution < -0.4 is 10.9 Å². The molecule has 2 aromatic heterocycles. The minimum absolute atomic E-state index is 0.170. The molecule has 0 amide bonds. The van der Waals surface area contributed by atoms with Crippen LogP contribution in [0.1, 0.15) is 38.6 Å². The minimum Gasteiger partial charge on any atom is -0.338 e. The normalized spacial score (nSPS) is 20.7. The van der Waals surface area contributed by atoms with E-state index in [-0.39, 0.29) is 11.4 Å². The number of halogens is 1. The molecular formula is C19H21FN4O. The van der Waals surface area contributed by atoms with E-state index in [1.165, 1.54) is 31.4 Å². The first-order chi connectivity index (χ1) is 12.1. The molecule has 0 bridgehead atoms. The van der Waals surface area contributed by atoms with Gasteiger partial charge in [-0.1, -0.05) is 19.8 Å². The molecule has 1 aliphatic carbocycles. The van der Waals surface area contributed by atoms with Crippen molar-refractivity contribution in [3.8, 4) is 0 Å². The molecule has 2 N–H and O–H groups in total. The largest absolute Gasteiger partial charge is 0.338 e. The zero-order chi connectivity index (χ0) is 17.4. The van der Waals surface area contributed by atoms with Crippen LogP contribution in [0.5, 0.6) is 0 Å². The van der Waals surface area contributed by atoms with Gasteiger partial charge in [0.25, 0.3) is 5.56 Å². The standard InChI is InChI=1S/C19H21FN4O/c1-12-4-2-3-5-15(12)24-16-10-11-21-19(25)17(16)18(23-24)22-14-8-6-13(20)7-9-14/h6-12,15H,2-5H2,1H3,(H,21,25)(H,22,23)/t12-,15-/m0/s1. The average molecular weight is 340 g/mol. The molecule has 2 atom stereocenters. The number of aromatic nitrogens is 3. The Morgan fingerprint density at radius 3 is 2.72 bits per heavy atom. The van der Waals surface area contributed by atoms with E-state index in [2.05, 4.69) is 17.2 Å². The second-order valence-electron chi connectivity index (χ2n) is 6.82. The van der Waals surface area contributed by atoms with Crippen LogP contribution in [0.15, 0.2) is 41.3 Å². The van der Waals surface area contributed by atoms with Crippen LogP contribution in [-0.4, -0.2) is 14.8 Å². The number of aromatic amines is 1. The van der Waals surface area contributed by atoms with Crippen LogP contribution in [0.2, 0.25) is 0 Å². The number of H-pyrrole nitrogens is 1. The molecule has 1 fully saturated rings. The molecule has 5 nitrogen and oxygen atoms in total. The summed E-state index contributed by atoms with van der Waals surface area (Å²) >= 11 is 0. The summed E-state index contributed by atoms with van der Waals surface area (Å²) in [6, 6.07) is 8.24. The predicted molar refractivity (Wildman–Crippen MR) is 96.7 cm³/mol. The lowest BCUT2D eigenvalue weighted by molar-refractivity contribution is 0.246. The Bertz CT molecular complexity index is 944. The number of fused-ring (bicyclic) bond motifs is 1. The van der Waals surface area contributed by atoms with E-state index >= 15 is 0 Å². The van der Waals surface area contributed by atoms with Crippen molar-refractivity contribution in [3.05, 3.63) is 52.7 Å². The summed E-state index contributed by atoms with van der Waals surface area (Å²) in [6.45, 7) is 2.25. The van der Waals surface area contributed by atoms with E-state index in [9.17, 15) is 9.18 Å². The highest BCUT2D eigenvalue weighted by atomic mass is 19.1. The van der Waals surface area contributed by atoms with E-state index in [1.54, 1.807) is 18.3 Å². The van der Waals surface area contributed by atoms with Crippen LogP contribution in [-0.2, 0) is 0 Å². The molecule has 4 rings (SSSR count). The number of anilines is 2. The monoisotopic (exact) mass is 340 g/mol. The average Bonchev–Trinajstić information content (AvgIpc) is 2.97. The number of hydrogen-bond acceptors (Lipinski definition) is 3. The molecule has 0 unspecified atom stereocenters. The van der Waals surface area contributed by atoms with Crippen molar-refractivity contribution in [3.63, 3.8) is 0 Å². The SMILES string of the molecule is C[C@H]1CCCC[C@@H]1n1nc(Nc2ccc(F)cc2)c2c(=O)[nH]ccc21. The summed E-state index contributed by atoms with van der Waals surface area (Å²) in [5.74, 6) is 0.742. The quantitative estimate of drug-likeness (QED) is 0.745. The van der Waals surface area contributed by atoms with Crippen molar-refractivity contribution < 1.29 is 4.39 Å². The van der Waals surface area contributed by atoms with E-state index in [0.29, 0.717) is 28.9 Å². The van der Waals surface area contributed by atoms with Crippen molar-refractivity contribution in [1.82, 2.24) is 14.8 Å². The number of benzene rings is 1. The highest BCUT2D eigenvalue weighted by Crippen LogP contribution is 2.36. The lowest BCUT2D eigenvalue weighted by Gasteiger charge is -2.29. The Morgan fingerprint density at radius 2 is 1.96 bits per heavy atom. The van der Waals surface area contributed by atoms with Gasteiger partial charge >= 0.3 is 0 Å². The van der Waals surface area contributed by atoms with E-state index in [0.717, 1.165) is 11.9 Å². The lowest BCUT2D eigenvalue weighted by Crippen LogP contribution is -2.22. The van der Waals surface area contributed by atoms with Crippen molar-refractivity contribution in [1.29, 1.82) is 0 Å². The first-order valence-corrected chi connectivity index (χ1v) is 8.76. The van der Waals surface area contributed by atoms with Crippen LogP contribution in [0, 0.1) is 11.7 Å². The number of pyridine rings is 1.